The minimum absolute atomic E-state index is 0.198. The number of carbonyl (C=O) groups excluding carboxylic acids is 1. The Kier molecular flexibility index (Phi) is 4.69. The number of halogens is 1. The number of aromatic nitrogens is 1. The lowest BCUT2D eigenvalue weighted by Crippen LogP contribution is -2.29. The van der Waals surface area contributed by atoms with Crippen LogP contribution >= 0.6 is 22.9 Å². The zero-order valence-corrected chi connectivity index (χ0v) is 15.3. The molecule has 0 bridgehead atoms. The Balaban J connectivity index is 1.71. The smallest absolute Gasteiger partial charge is 0.263 e. The third kappa shape index (κ3) is 3.21. The van der Waals surface area contributed by atoms with Gasteiger partial charge in [-0.2, -0.15) is 0 Å². The molecule has 0 aliphatic rings. The van der Waals surface area contributed by atoms with Crippen molar-refractivity contribution >= 4 is 38.9 Å². The fourth-order valence-electron chi connectivity index (χ4n) is 2.88. The largest absolute Gasteiger partial charge is 0.339 e. The SMILES string of the molecule is O=C(NC(c1ccccc1)c1ccccn1)c1sc2ccccc2c1Cl. The van der Waals surface area contributed by atoms with Gasteiger partial charge < -0.3 is 5.32 Å². The summed E-state index contributed by atoms with van der Waals surface area (Å²) in [6.07, 6.45) is 1.73. The van der Waals surface area contributed by atoms with Gasteiger partial charge in [0.1, 0.15) is 4.88 Å². The predicted molar refractivity (Wildman–Crippen MR) is 107 cm³/mol. The van der Waals surface area contributed by atoms with E-state index in [1.165, 1.54) is 11.3 Å². The van der Waals surface area contributed by atoms with Crippen LogP contribution < -0.4 is 5.32 Å². The van der Waals surface area contributed by atoms with Gasteiger partial charge in [0.05, 0.1) is 16.8 Å². The van der Waals surface area contributed by atoms with Crippen molar-refractivity contribution < 1.29 is 4.79 Å². The number of thiophene rings is 1. The summed E-state index contributed by atoms with van der Waals surface area (Å²) < 4.78 is 0.997. The van der Waals surface area contributed by atoms with Crippen LogP contribution in [-0.4, -0.2) is 10.9 Å². The highest BCUT2D eigenvalue weighted by Gasteiger charge is 2.22. The molecule has 0 saturated carbocycles. The highest BCUT2D eigenvalue weighted by atomic mass is 35.5. The van der Waals surface area contributed by atoms with Crippen LogP contribution in [0.15, 0.2) is 79.0 Å². The highest BCUT2D eigenvalue weighted by Crippen LogP contribution is 2.35. The molecule has 26 heavy (non-hydrogen) atoms. The van der Waals surface area contributed by atoms with E-state index in [0.717, 1.165) is 21.3 Å². The number of hydrogen-bond acceptors (Lipinski definition) is 3. The van der Waals surface area contributed by atoms with Gasteiger partial charge in [0.25, 0.3) is 5.91 Å². The van der Waals surface area contributed by atoms with Crippen LogP contribution in [0.25, 0.3) is 10.1 Å². The summed E-state index contributed by atoms with van der Waals surface area (Å²) in [6.45, 7) is 0. The van der Waals surface area contributed by atoms with Crippen LogP contribution in [0.3, 0.4) is 0 Å². The van der Waals surface area contributed by atoms with Crippen molar-refractivity contribution in [1.82, 2.24) is 10.3 Å². The van der Waals surface area contributed by atoms with E-state index in [9.17, 15) is 4.79 Å². The van der Waals surface area contributed by atoms with Crippen molar-refractivity contribution in [2.75, 3.05) is 0 Å². The number of nitrogens with zero attached hydrogens (tertiary/aromatic N) is 1. The first-order valence-electron chi connectivity index (χ1n) is 8.18. The number of carbonyl (C=O) groups is 1. The molecule has 3 nitrogen and oxygen atoms in total. The number of hydrogen-bond donors (Lipinski definition) is 1. The zero-order valence-electron chi connectivity index (χ0n) is 13.7. The Hall–Kier alpha value is -2.69. The van der Waals surface area contributed by atoms with Gasteiger partial charge in [-0.1, -0.05) is 66.2 Å². The molecule has 1 unspecified atom stereocenters. The molecule has 2 aromatic carbocycles. The van der Waals surface area contributed by atoms with Crippen LogP contribution in [0.1, 0.15) is 27.0 Å². The summed E-state index contributed by atoms with van der Waals surface area (Å²) in [4.78, 5) is 17.9. The van der Waals surface area contributed by atoms with Gasteiger partial charge in [-0.05, 0) is 23.8 Å². The fraction of sp³-hybridized carbons (Fsp3) is 0.0476. The molecule has 0 aliphatic carbocycles. The average Bonchev–Trinajstić information content (AvgIpc) is 3.04. The summed E-state index contributed by atoms with van der Waals surface area (Å²) in [5.41, 5.74) is 1.75. The van der Waals surface area contributed by atoms with E-state index >= 15 is 0 Å². The minimum atomic E-state index is -0.342. The first kappa shape index (κ1) is 16.8. The summed E-state index contributed by atoms with van der Waals surface area (Å²) in [7, 11) is 0. The van der Waals surface area contributed by atoms with Gasteiger partial charge in [0.15, 0.2) is 0 Å². The standard InChI is InChI=1S/C21H15ClN2OS/c22-18-15-10-4-5-12-17(15)26-20(18)21(25)24-19(14-8-2-1-3-9-14)16-11-6-7-13-23-16/h1-13,19H,(H,24,25). The number of amides is 1. The van der Waals surface area contributed by atoms with E-state index in [0.29, 0.717) is 9.90 Å². The molecule has 128 valence electrons. The van der Waals surface area contributed by atoms with E-state index in [1.54, 1.807) is 6.20 Å². The maximum Gasteiger partial charge on any atom is 0.263 e. The van der Waals surface area contributed by atoms with E-state index in [2.05, 4.69) is 10.3 Å². The number of pyridine rings is 1. The monoisotopic (exact) mass is 378 g/mol. The van der Waals surface area contributed by atoms with E-state index < -0.39 is 0 Å². The Labute approximate surface area is 160 Å². The van der Waals surface area contributed by atoms with Crippen molar-refractivity contribution in [3.8, 4) is 0 Å². The molecule has 0 saturated heterocycles. The van der Waals surface area contributed by atoms with Crippen molar-refractivity contribution in [1.29, 1.82) is 0 Å². The van der Waals surface area contributed by atoms with Gasteiger partial charge >= 0.3 is 0 Å². The predicted octanol–water partition coefficient (Wildman–Crippen LogP) is 5.47. The lowest BCUT2D eigenvalue weighted by atomic mass is 10.0. The molecule has 4 aromatic rings. The lowest BCUT2D eigenvalue weighted by Gasteiger charge is -2.18. The second-order valence-electron chi connectivity index (χ2n) is 5.81. The number of nitrogens with one attached hydrogen (secondary N) is 1. The molecule has 5 heteroatoms. The second kappa shape index (κ2) is 7.28. The third-order valence-electron chi connectivity index (χ3n) is 4.13. The molecule has 0 aliphatic heterocycles. The Bertz CT molecular complexity index is 1010. The topological polar surface area (TPSA) is 42.0 Å². The minimum Gasteiger partial charge on any atom is -0.339 e. The van der Waals surface area contributed by atoms with Gasteiger partial charge in [0.2, 0.25) is 0 Å². The molecule has 4 rings (SSSR count). The first-order chi connectivity index (χ1) is 12.7. The molecule has 2 heterocycles. The molecule has 2 aromatic heterocycles. The molecular weight excluding hydrogens is 364 g/mol. The van der Waals surface area contributed by atoms with Gasteiger partial charge in [-0.15, -0.1) is 11.3 Å². The summed E-state index contributed by atoms with van der Waals surface area (Å²) in [6, 6.07) is 22.9. The molecule has 0 radical (unpaired) electrons. The lowest BCUT2D eigenvalue weighted by molar-refractivity contribution is 0.0946. The average molecular weight is 379 g/mol. The number of fused-ring (bicyclic) bond motifs is 1. The molecular formula is C21H15ClN2OS. The third-order valence-corrected chi connectivity index (χ3v) is 5.81. The zero-order chi connectivity index (χ0) is 17.9. The maximum absolute atomic E-state index is 13.0. The molecule has 0 fully saturated rings. The normalized spacial score (nSPS) is 12.0. The van der Waals surface area contributed by atoms with Crippen molar-refractivity contribution in [3.05, 3.63) is 100 Å². The van der Waals surface area contributed by atoms with Gasteiger partial charge in [0, 0.05) is 16.3 Å². The van der Waals surface area contributed by atoms with E-state index in [1.807, 2.05) is 72.8 Å². The number of rotatable bonds is 4. The molecule has 1 amide bonds. The van der Waals surface area contributed by atoms with Crippen LogP contribution in [0.2, 0.25) is 5.02 Å². The maximum atomic E-state index is 13.0. The van der Waals surface area contributed by atoms with Crippen molar-refractivity contribution in [2.24, 2.45) is 0 Å². The quantitative estimate of drug-likeness (QED) is 0.511. The highest BCUT2D eigenvalue weighted by molar-refractivity contribution is 7.21. The fourth-order valence-corrected chi connectivity index (χ4v) is 4.30. The first-order valence-corrected chi connectivity index (χ1v) is 9.37. The van der Waals surface area contributed by atoms with Crippen molar-refractivity contribution in [3.63, 3.8) is 0 Å². The van der Waals surface area contributed by atoms with Crippen molar-refractivity contribution in [2.45, 2.75) is 6.04 Å². The van der Waals surface area contributed by atoms with Crippen LogP contribution in [0.4, 0.5) is 0 Å². The van der Waals surface area contributed by atoms with Crippen LogP contribution in [0, 0.1) is 0 Å². The van der Waals surface area contributed by atoms with Gasteiger partial charge in [-0.3, -0.25) is 9.78 Å². The van der Waals surface area contributed by atoms with E-state index in [-0.39, 0.29) is 11.9 Å². The summed E-state index contributed by atoms with van der Waals surface area (Å²) in [5.74, 6) is -0.198. The number of benzene rings is 2. The summed E-state index contributed by atoms with van der Waals surface area (Å²) >= 11 is 7.86. The van der Waals surface area contributed by atoms with Crippen LogP contribution in [0.5, 0.6) is 0 Å². The molecule has 1 N–H and O–H groups in total. The Morgan fingerprint density at radius 1 is 0.962 bits per heavy atom. The molecule has 0 spiro atoms. The van der Waals surface area contributed by atoms with Gasteiger partial charge in [-0.25, -0.2) is 0 Å². The second-order valence-corrected chi connectivity index (χ2v) is 7.24. The van der Waals surface area contributed by atoms with Crippen LogP contribution in [-0.2, 0) is 0 Å². The summed E-state index contributed by atoms with van der Waals surface area (Å²) in [5, 5.41) is 4.49. The van der Waals surface area contributed by atoms with E-state index in [4.69, 9.17) is 11.6 Å². The Morgan fingerprint density at radius 3 is 2.42 bits per heavy atom. The Morgan fingerprint density at radius 2 is 1.69 bits per heavy atom. The molecule has 1 atom stereocenters.